The minimum absolute atomic E-state index is 0.207. The number of furan rings is 1. The average Bonchev–Trinajstić information content (AvgIpc) is 3.57. The maximum Gasteiger partial charge on any atom is 0.174 e. The Morgan fingerprint density at radius 3 is 2.46 bits per heavy atom. The van der Waals surface area contributed by atoms with Crippen molar-refractivity contribution >= 4 is 34.6 Å². The number of benzene rings is 3. The fourth-order valence-electron chi connectivity index (χ4n) is 4.91. The first-order chi connectivity index (χ1) is 19.0. The predicted octanol–water partition coefficient (Wildman–Crippen LogP) is 8.58. The highest BCUT2D eigenvalue weighted by molar-refractivity contribution is 7.80. The molecule has 5 nitrogen and oxygen atoms in total. The molecule has 2 aromatic heterocycles. The van der Waals surface area contributed by atoms with Gasteiger partial charge in [-0.1, -0.05) is 41.9 Å². The van der Waals surface area contributed by atoms with Crippen LogP contribution in [0.25, 0.3) is 11.3 Å². The number of hydrogen-bond donors (Lipinski definition) is 1. The summed E-state index contributed by atoms with van der Waals surface area (Å²) >= 11 is 12.2. The third-order valence-corrected chi connectivity index (χ3v) is 7.47. The van der Waals surface area contributed by atoms with Crippen LogP contribution in [0.1, 0.15) is 34.7 Å². The summed E-state index contributed by atoms with van der Waals surface area (Å²) in [4.78, 5) is 6.71. The zero-order chi connectivity index (χ0) is 26.9. The molecule has 2 atom stereocenters. The number of rotatable bonds is 6. The van der Waals surface area contributed by atoms with E-state index in [0.717, 1.165) is 51.1 Å². The van der Waals surface area contributed by atoms with E-state index >= 15 is 0 Å². The average molecular weight is 552 g/mol. The van der Waals surface area contributed by atoms with E-state index in [1.165, 1.54) is 0 Å². The fraction of sp³-hybridized carbons (Fsp3) is 0.125. The Hall–Kier alpha value is -4.13. The molecular weight excluding hydrogens is 526 g/mol. The molecule has 0 spiro atoms. The number of anilines is 1. The summed E-state index contributed by atoms with van der Waals surface area (Å²) in [7, 11) is 0. The zero-order valence-electron chi connectivity index (χ0n) is 21.5. The smallest absolute Gasteiger partial charge is 0.174 e. The van der Waals surface area contributed by atoms with Gasteiger partial charge in [-0.15, -0.1) is 0 Å². The molecule has 194 valence electrons. The molecular formula is C32H26ClN3O2S. The molecule has 7 heteroatoms. The summed E-state index contributed by atoms with van der Waals surface area (Å²) in [5.41, 5.74) is 4.92. The van der Waals surface area contributed by atoms with Crippen molar-refractivity contribution in [2.24, 2.45) is 0 Å². The van der Waals surface area contributed by atoms with E-state index < -0.39 is 0 Å². The molecule has 1 aliphatic rings. The predicted molar refractivity (Wildman–Crippen MR) is 160 cm³/mol. The van der Waals surface area contributed by atoms with Gasteiger partial charge in [-0.05, 0) is 104 Å². The highest BCUT2D eigenvalue weighted by atomic mass is 35.5. The Bertz CT molecular complexity index is 1640. The number of hydrogen-bond acceptors (Lipinski definition) is 4. The first-order valence-corrected chi connectivity index (χ1v) is 13.5. The highest BCUT2D eigenvalue weighted by Gasteiger charge is 2.42. The number of halogens is 1. The Kier molecular flexibility index (Phi) is 6.81. The molecule has 1 saturated heterocycles. The molecule has 0 amide bonds. The van der Waals surface area contributed by atoms with Gasteiger partial charge < -0.3 is 19.4 Å². The summed E-state index contributed by atoms with van der Waals surface area (Å²) in [5.74, 6) is 3.11. The van der Waals surface area contributed by atoms with Gasteiger partial charge in [0.2, 0.25) is 0 Å². The van der Waals surface area contributed by atoms with Crippen LogP contribution in [0.3, 0.4) is 0 Å². The van der Waals surface area contributed by atoms with Crippen molar-refractivity contribution in [3.05, 3.63) is 131 Å². The normalized spacial score (nSPS) is 16.8. The van der Waals surface area contributed by atoms with Gasteiger partial charge in [0.15, 0.2) is 5.11 Å². The van der Waals surface area contributed by atoms with Crippen molar-refractivity contribution < 1.29 is 9.15 Å². The Labute approximate surface area is 238 Å². The van der Waals surface area contributed by atoms with E-state index in [2.05, 4.69) is 15.2 Å². The van der Waals surface area contributed by atoms with Crippen LogP contribution in [0, 0.1) is 13.8 Å². The topological polar surface area (TPSA) is 50.5 Å². The Balaban J connectivity index is 1.37. The number of aromatic nitrogens is 1. The lowest BCUT2D eigenvalue weighted by Gasteiger charge is -2.26. The number of para-hydroxylation sites is 1. The highest BCUT2D eigenvalue weighted by Crippen LogP contribution is 2.43. The third-order valence-electron chi connectivity index (χ3n) is 6.92. The molecule has 0 radical (unpaired) electrons. The lowest BCUT2D eigenvalue weighted by Crippen LogP contribution is -2.29. The number of nitrogens with one attached hydrogen (secondary N) is 1. The van der Waals surface area contributed by atoms with Crippen LogP contribution in [0.2, 0.25) is 5.02 Å². The first kappa shape index (κ1) is 25.2. The Morgan fingerprint density at radius 1 is 0.897 bits per heavy atom. The van der Waals surface area contributed by atoms with E-state index in [0.29, 0.717) is 10.1 Å². The molecule has 6 rings (SSSR count). The minimum Gasteiger partial charge on any atom is -0.459 e. The van der Waals surface area contributed by atoms with E-state index in [1.54, 1.807) is 6.20 Å². The van der Waals surface area contributed by atoms with Crippen LogP contribution >= 0.6 is 23.8 Å². The molecule has 5 aromatic rings. The van der Waals surface area contributed by atoms with Gasteiger partial charge in [0.25, 0.3) is 0 Å². The second-order valence-corrected chi connectivity index (χ2v) is 10.3. The second kappa shape index (κ2) is 10.6. The number of nitrogens with zero attached hydrogens (tertiary/aromatic N) is 2. The van der Waals surface area contributed by atoms with Crippen molar-refractivity contribution in [3.8, 4) is 22.8 Å². The molecule has 39 heavy (non-hydrogen) atoms. The third kappa shape index (κ3) is 5.01. The SMILES string of the molecule is Cc1ccccc1Oc1ccc(N2C(=S)N[C@@H](c3ccccn3)[C@H]2c2ccc(-c3cc(Cl)ccc3C)o2)cc1. The molecule has 1 aliphatic heterocycles. The zero-order valence-corrected chi connectivity index (χ0v) is 23.0. The van der Waals surface area contributed by atoms with Crippen molar-refractivity contribution in [1.29, 1.82) is 0 Å². The Morgan fingerprint density at radius 2 is 1.69 bits per heavy atom. The van der Waals surface area contributed by atoms with Gasteiger partial charge in [0, 0.05) is 22.5 Å². The second-order valence-electron chi connectivity index (χ2n) is 9.52. The van der Waals surface area contributed by atoms with Gasteiger partial charge >= 0.3 is 0 Å². The molecule has 3 aromatic carbocycles. The summed E-state index contributed by atoms with van der Waals surface area (Å²) in [6.07, 6.45) is 1.79. The van der Waals surface area contributed by atoms with Crippen molar-refractivity contribution in [2.75, 3.05) is 4.90 Å². The quantitative estimate of drug-likeness (QED) is 0.213. The molecule has 0 unspecified atom stereocenters. The van der Waals surface area contributed by atoms with Crippen molar-refractivity contribution in [3.63, 3.8) is 0 Å². The van der Waals surface area contributed by atoms with Crippen LogP contribution in [0.15, 0.2) is 108 Å². The number of thiocarbonyl (C=S) groups is 1. The number of pyridine rings is 1. The molecule has 0 aliphatic carbocycles. The monoisotopic (exact) mass is 551 g/mol. The van der Waals surface area contributed by atoms with Crippen molar-refractivity contribution in [1.82, 2.24) is 10.3 Å². The van der Waals surface area contributed by atoms with E-state index in [4.69, 9.17) is 33.0 Å². The molecule has 0 bridgehead atoms. The molecule has 0 saturated carbocycles. The lowest BCUT2D eigenvalue weighted by atomic mass is 10.0. The number of aryl methyl sites for hydroxylation is 2. The molecule has 3 heterocycles. The maximum atomic E-state index is 6.50. The van der Waals surface area contributed by atoms with Crippen molar-refractivity contribution in [2.45, 2.75) is 25.9 Å². The first-order valence-electron chi connectivity index (χ1n) is 12.7. The van der Waals surface area contributed by atoms with Gasteiger partial charge in [-0.2, -0.15) is 0 Å². The van der Waals surface area contributed by atoms with Crippen LogP contribution in [-0.2, 0) is 0 Å². The van der Waals surface area contributed by atoms with E-state index in [9.17, 15) is 0 Å². The van der Waals surface area contributed by atoms with Crippen LogP contribution in [0.5, 0.6) is 11.5 Å². The lowest BCUT2D eigenvalue weighted by molar-refractivity contribution is 0.439. The van der Waals surface area contributed by atoms with Gasteiger partial charge in [0.1, 0.15) is 29.1 Å². The molecule has 1 fully saturated rings. The minimum atomic E-state index is -0.260. The van der Waals surface area contributed by atoms with Gasteiger partial charge in [0.05, 0.1) is 11.7 Å². The van der Waals surface area contributed by atoms with Gasteiger partial charge in [-0.3, -0.25) is 4.98 Å². The van der Waals surface area contributed by atoms with Crippen LogP contribution < -0.4 is 15.0 Å². The maximum absolute atomic E-state index is 6.50. The fourth-order valence-corrected chi connectivity index (χ4v) is 5.43. The van der Waals surface area contributed by atoms with Crippen LogP contribution in [0.4, 0.5) is 5.69 Å². The molecule has 1 N–H and O–H groups in total. The number of ether oxygens (including phenoxy) is 1. The standard InChI is InChI=1S/C32H26ClN3O2S/c1-20-10-11-22(33)19-25(20)28-16-17-29(38-28)31-30(26-8-5-6-18-34-26)35-32(39)36(31)23-12-14-24(15-13-23)37-27-9-4-3-7-21(27)2/h3-19,30-31H,1-2H3,(H,35,39)/t30-,31+/m0/s1. The summed E-state index contributed by atoms with van der Waals surface area (Å²) in [6.45, 7) is 4.08. The largest absolute Gasteiger partial charge is 0.459 e. The summed E-state index contributed by atoms with van der Waals surface area (Å²) in [6, 6.07) is 31.1. The van der Waals surface area contributed by atoms with Gasteiger partial charge in [-0.25, -0.2) is 0 Å². The summed E-state index contributed by atoms with van der Waals surface area (Å²) < 4.78 is 12.6. The summed E-state index contributed by atoms with van der Waals surface area (Å²) in [5, 5.41) is 4.74. The van der Waals surface area contributed by atoms with Crippen LogP contribution in [-0.4, -0.2) is 10.1 Å². The van der Waals surface area contributed by atoms with E-state index in [1.807, 2.05) is 111 Å². The van der Waals surface area contributed by atoms with E-state index in [-0.39, 0.29) is 12.1 Å².